The summed E-state index contributed by atoms with van der Waals surface area (Å²) in [6.45, 7) is 5.29. The summed E-state index contributed by atoms with van der Waals surface area (Å²) in [6.07, 6.45) is 0. The van der Waals surface area contributed by atoms with Crippen molar-refractivity contribution < 1.29 is 14.3 Å². The molecule has 116 valence electrons. The van der Waals surface area contributed by atoms with E-state index in [9.17, 15) is 9.59 Å². The van der Waals surface area contributed by atoms with Crippen molar-refractivity contribution in [1.82, 2.24) is 5.32 Å². The van der Waals surface area contributed by atoms with E-state index in [0.717, 1.165) is 4.90 Å². The second-order valence-corrected chi connectivity index (χ2v) is 6.11. The van der Waals surface area contributed by atoms with Crippen LogP contribution in [0.4, 0.5) is 5.69 Å². The van der Waals surface area contributed by atoms with Crippen molar-refractivity contribution in [3.05, 3.63) is 18.2 Å². The van der Waals surface area contributed by atoms with Gasteiger partial charge in [0.05, 0.1) is 18.9 Å². The van der Waals surface area contributed by atoms with Gasteiger partial charge in [-0.25, -0.2) is 0 Å². The number of amides is 1. The van der Waals surface area contributed by atoms with E-state index in [4.69, 9.17) is 10.5 Å². The largest absolute Gasteiger partial charge is 0.497 e. The fraction of sp³-hybridized carbons (Fsp3) is 0.467. The van der Waals surface area contributed by atoms with Crippen LogP contribution in [-0.4, -0.2) is 30.6 Å². The molecule has 0 bridgehead atoms. The number of benzene rings is 1. The van der Waals surface area contributed by atoms with Crippen LogP contribution < -0.4 is 15.8 Å². The number of nitrogen functional groups attached to an aromatic ring is 1. The number of nitrogens with two attached hydrogens (primary N) is 1. The lowest BCUT2D eigenvalue weighted by Crippen LogP contribution is -2.44. The van der Waals surface area contributed by atoms with Crippen molar-refractivity contribution in [3.8, 4) is 5.75 Å². The lowest BCUT2D eigenvalue weighted by Gasteiger charge is -2.19. The van der Waals surface area contributed by atoms with Crippen LogP contribution in [0.5, 0.6) is 5.75 Å². The maximum absolute atomic E-state index is 11.9. The summed E-state index contributed by atoms with van der Waals surface area (Å²) in [6, 6.07) is 4.86. The third kappa shape index (κ3) is 5.30. The first-order chi connectivity index (χ1) is 9.85. The molecule has 0 saturated heterocycles. The number of hydrogen-bond acceptors (Lipinski definition) is 5. The number of anilines is 1. The predicted octanol–water partition coefficient (Wildman–Crippen LogP) is 2.10. The van der Waals surface area contributed by atoms with Crippen LogP contribution in [0.3, 0.4) is 0 Å². The van der Waals surface area contributed by atoms with Crippen molar-refractivity contribution in [2.24, 2.45) is 5.92 Å². The Morgan fingerprint density at radius 2 is 2.05 bits per heavy atom. The van der Waals surface area contributed by atoms with Crippen LogP contribution in [0.2, 0.25) is 0 Å². The zero-order valence-electron chi connectivity index (χ0n) is 12.8. The number of rotatable bonds is 7. The lowest BCUT2D eigenvalue weighted by atomic mass is 10.0. The van der Waals surface area contributed by atoms with Gasteiger partial charge in [0.1, 0.15) is 5.75 Å². The van der Waals surface area contributed by atoms with Crippen LogP contribution in [0.25, 0.3) is 0 Å². The van der Waals surface area contributed by atoms with Crippen molar-refractivity contribution in [1.29, 1.82) is 0 Å². The monoisotopic (exact) mass is 310 g/mol. The molecule has 21 heavy (non-hydrogen) atoms. The average Bonchev–Trinajstić information content (AvgIpc) is 2.43. The van der Waals surface area contributed by atoms with Crippen molar-refractivity contribution in [3.63, 3.8) is 0 Å². The molecule has 0 radical (unpaired) electrons. The van der Waals surface area contributed by atoms with Crippen molar-refractivity contribution in [2.75, 3.05) is 18.6 Å². The number of Topliss-reactive ketones (excluding diaryl/α,β-unsaturated/α-hetero) is 1. The number of ether oxygens (including phenoxy) is 1. The highest BCUT2D eigenvalue weighted by molar-refractivity contribution is 8.00. The Labute approximate surface area is 129 Å². The van der Waals surface area contributed by atoms with Gasteiger partial charge in [0.25, 0.3) is 0 Å². The number of thioether (sulfide) groups is 1. The minimum Gasteiger partial charge on any atom is -0.497 e. The molecule has 1 amide bonds. The molecule has 1 unspecified atom stereocenters. The quantitative estimate of drug-likeness (QED) is 0.595. The highest BCUT2D eigenvalue weighted by atomic mass is 32.2. The van der Waals surface area contributed by atoms with Gasteiger partial charge < -0.3 is 15.8 Å². The van der Waals surface area contributed by atoms with Crippen LogP contribution in [-0.2, 0) is 9.59 Å². The Bertz CT molecular complexity index is 518. The van der Waals surface area contributed by atoms with Gasteiger partial charge in [-0.05, 0) is 31.0 Å². The molecule has 6 heteroatoms. The SMILES string of the molecule is COc1ccc(N)c(SCC(=O)NC(C(C)=O)C(C)C)c1. The van der Waals surface area contributed by atoms with Crippen molar-refractivity contribution in [2.45, 2.75) is 31.7 Å². The number of carbonyl (C=O) groups is 2. The zero-order valence-corrected chi connectivity index (χ0v) is 13.6. The van der Waals surface area contributed by atoms with Gasteiger partial charge in [-0.1, -0.05) is 13.8 Å². The van der Waals surface area contributed by atoms with Crippen LogP contribution in [0, 0.1) is 5.92 Å². The minimum atomic E-state index is -0.444. The number of nitrogens with one attached hydrogen (secondary N) is 1. The molecule has 1 aromatic rings. The molecule has 0 fully saturated rings. The number of carbonyl (C=O) groups excluding carboxylic acids is 2. The normalized spacial score (nSPS) is 12.0. The van der Waals surface area contributed by atoms with Crippen LogP contribution in [0.15, 0.2) is 23.1 Å². The highest BCUT2D eigenvalue weighted by Crippen LogP contribution is 2.28. The Kier molecular flexibility index (Phi) is 6.55. The fourth-order valence-electron chi connectivity index (χ4n) is 1.86. The Balaban J connectivity index is 2.62. The molecule has 0 saturated carbocycles. The molecule has 0 heterocycles. The average molecular weight is 310 g/mol. The van der Waals surface area contributed by atoms with E-state index < -0.39 is 6.04 Å². The second kappa shape index (κ2) is 7.93. The van der Waals surface area contributed by atoms with Crippen LogP contribution >= 0.6 is 11.8 Å². The highest BCUT2D eigenvalue weighted by Gasteiger charge is 2.20. The number of ketones is 1. The molecular formula is C15H22N2O3S. The van der Waals surface area contributed by atoms with Gasteiger partial charge in [-0.3, -0.25) is 9.59 Å². The molecule has 0 aromatic heterocycles. The molecule has 1 atom stereocenters. The van der Waals surface area contributed by atoms with Gasteiger partial charge in [0, 0.05) is 10.6 Å². The summed E-state index contributed by atoms with van der Waals surface area (Å²) in [7, 11) is 1.58. The first-order valence-corrected chi connectivity index (χ1v) is 7.69. The summed E-state index contributed by atoms with van der Waals surface area (Å²) in [5.74, 6) is 0.739. The van der Waals surface area contributed by atoms with Crippen molar-refractivity contribution >= 4 is 29.1 Å². The number of methoxy groups -OCH3 is 1. The fourth-order valence-corrected chi connectivity index (χ4v) is 2.67. The molecular weight excluding hydrogens is 288 g/mol. The second-order valence-electron chi connectivity index (χ2n) is 5.09. The topological polar surface area (TPSA) is 81.4 Å². The molecule has 0 spiro atoms. The maximum atomic E-state index is 11.9. The van der Waals surface area contributed by atoms with Gasteiger partial charge in [0.2, 0.25) is 5.91 Å². The van der Waals surface area contributed by atoms with Gasteiger partial charge in [-0.15, -0.1) is 11.8 Å². The summed E-state index contributed by atoms with van der Waals surface area (Å²) >= 11 is 1.32. The van der Waals surface area contributed by atoms with E-state index in [1.807, 2.05) is 13.8 Å². The Morgan fingerprint density at radius 3 is 2.57 bits per heavy atom. The Hall–Kier alpha value is -1.69. The summed E-state index contributed by atoms with van der Waals surface area (Å²) in [4.78, 5) is 24.2. The molecule has 3 N–H and O–H groups in total. The smallest absolute Gasteiger partial charge is 0.230 e. The third-order valence-electron chi connectivity index (χ3n) is 3.00. The van der Waals surface area contributed by atoms with Crippen LogP contribution in [0.1, 0.15) is 20.8 Å². The molecule has 1 aromatic carbocycles. The third-order valence-corrected chi connectivity index (χ3v) is 4.07. The van der Waals surface area contributed by atoms with Gasteiger partial charge >= 0.3 is 0 Å². The standard InChI is InChI=1S/C15H22N2O3S/c1-9(2)15(10(3)18)17-14(19)8-21-13-7-11(20-4)5-6-12(13)16/h5-7,9,15H,8,16H2,1-4H3,(H,17,19). The van der Waals surface area contributed by atoms with Gasteiger partial charge in [-0.2, -0.15) is 0 Å². The maximum Gasteiger partial charge on any atom is 0.230 e. The first-order valence-electron chi connectivity index (χ1n) is 6.71. The van der Waals surface area contributed by atoms with E-state index in [0.29, 0.717) is 11.4 Å². The minimum absolute atomic E-state index is 0.0377. The molecule has 0 aliphatic carbocycles. The molecule has 5 nitrogen and oxygen atoms in total. The summed E-state index contributed by atoms with van der Waals surface area (Å²) < 4.78 is 5.13. The lowest BCUT2D eigenvalue weighted by molar-refractivity contribution is -0.126. The van der Waals surface area contributed by atoms with E-state index >= 15 is 0 Å². The summed E-state index contributed by atoms with van der Waals surface area (Å²) in [5, 5.41) is 2.75. The summed E-state index contributed by atoms with van der Waals surface area (Å²) in [5.41, 5.74) is 6.46. The predicted molar refractivity (Wildman–Crippen MR) is 85.6 cm³/mol. The van der Waals surface area contributed by atoms with E-state index in [-0.39, 0.29) is 23.4 Å². The van der Waals surface area contributed by atoms with E-state index in [2.05, 4.69) is 5.32 Å². The Morgan fingerprint density at radius 1 is 1.38 bits per heavy atom. The molecule has 0 aliphatic heterocycles. The first kappa shape index (κ1) is 17.4. The van der Waals surface area contributed by atoms with E-state index in [1.54, 1.807) is 25.3 Å². The molecule has 1 rings (SSSR count). The zero-order chi connectivity index (χ0) is 16.0. The van der Waals surface area contributed by atoms with E-state index in [1.165, 1.54) is 18.7 Å². The van der Waals surface area contributed by atoms with Gasteiger partial charge in [0.15, 0.2) is 5.78 Å². The molecule has 0 aliphatic rings. The number of hydrogen-bond donors (Lipinski definition) is 2.